The maximum Gasteiger partial charge on any atom is 0.244 e. The molecule has 0 atom stereocenters. The summed E-state index contributed by atoms with van der Waals surface area (Å²) in [4.78, 5) is 16.3. The summed E-state index contributed by atoms with van der Waals surface area (Å²) in [6, 6.07) is 7.65. The topological polar surface area (TPSA) is 64.4 Å². The normalized spacial score (nSPS) is 11.6. The van der Waals surface area contributed by atoms with E-state index in [4.69, 9.17) is 9.15 Å². The van der Waals surface area contributed by atoms with Gasteiger partial charge in [0.1, 0.15) is 11.3 Å². The minimum Gasteiger partial charge on any atom is -0.493 e. The summed E-state index contributed by atoms with van der Waals surface area (Å²) in [5.41, 5.74) is 4.57. The first kappa shape index (κ1) is 17.7. The molecule has 0 fully saturated rings. The molecule has 1 aromatic carbocycles. The van der Waals surface area contributed by atoms with Crippen molar-refractivity contribution in [3.63, 3.8) is 0 Å². The van der Waals surface area contributed by atoms with E-state index in [2.05, 4.69) is 10.3 Å². The molecule has 0 unspecified atom stereocenters. The number of pyridine rings is 1. The molecule has 0 spiro atoms. The number of aromatic nitrogens is 1. The van der Waals surface area contributed by atoms with Crippen LogP contribution < -0.4 is 10.1 Å². The molecule has 1 N–H and O–H groups in total. The summed E-state index contributed by atoms with van der Waals surface area (Å²) in [7, 11) is 0. The van der Waals surface area contributed by atoms with Crippen molar-refractivity contribution in [2.24, 2.45) is 0 Å². The van der Waals surface area contributed by atoms with E-state index in [-0.39, 0.29) is 5.91 Å². The number of fused-ring (bicyclic) bond motifs is 1. The monoisotopic (exact) mass is 350 g/mol. The van der Waals surface area contributed by atoms with Crippen LogP contribution in [0.4, 0.5) is 0 Å². The quantitative estimate of drug-likeness (QED) is 0.675. The average molecular weight is 350 g/mol. The Morgan fingerprint density at radius 2 is 2.08 bits per heavy atom. The predicted octanol–water partition coefficient (Wildman–Crippen LogP) is 4.25. The third-order valence-corrected chi connectivity index (χ3v) is 4.16. The first-order valence-corrected chi connectivity index (χ1v) is 8.58. The van der Waals surface area contributed by atoms with Crippen molar-refractivity contribution in [2.45, 2.75) is 27.3 Å². The van der Waals surface area contributed by atoms with Gasteiger partial charge in [0.2, 0.25) is 5.91 Å². The standard InChI is InChI=1S/C21H22N2O3/c1-4-25-19-11-20-18(15(3)13-26-20)10-17(19)14(2)9-21(24)23-12-16-5-7-22-8-6-16/h5-11,13H,4,12H2,1-3H3,(H,23,24)/b14-9+. The number of carbonyl (C=O) groups is 1. The Kier molecular flexibility index (Phi) is 5.37. The van der Waals surface area contributed by atoms with E-state index >= 15 is 0 Å². The van der Waals surface area contributed by atoms with Crippen LogP contribution in [0.3, 0.4) is 0 Å². The molecule has 0 saturated carbocycles. The second kappa shape index (κ2) is 7.87. The number of nitrogens with one attached hydrogen (secondary N) is 1. The van der Waals surface area contributed by atoms with Crippen LogP contribution in [0.5, 0.6) is 5.75 Å². The van der Waals surface area contributed by atoms with E-state index in [1.54, 1.807) is 24.7 Å². The van der Waals surface area contributed by atoms with Crippen LogP contribution in [-0.2, 0) is 11.3 Å². The van der Waals surface area contributed by atoms with Gasteiger partial charge in [0.15, 0.2) is 0 Å². The third kappa shape index (κ3) is 3.94. The van der Waals surface area contributed by atoms with Crippen LogP contribution >= 0.6 is 0 Å². The van der Waals surface area contributed by atoms with E-state index in [1.165, 1.54) is 0 Å². The number of hydrogen-bond donors (Lipinski definition) is 1. The highest BCUT2D eigenvalue weighted by Gasteiger charge is 2.12. The lowest BCUT2D eigenvalue weighted by Crippen LogP contribution is -2.20. The zero-order chi connectivity index (χ0) is 18.5. The summed E-state index contributed by atoms with van der Waals surface area (Å²) in [6.45, 7) is 6.84. The van der Waals surface area contributed by atoms with E-state index < -0.39 is 0 Å². The molecule has 2 heterocycles. The molecular formula is C21H22N2O3. The van der Waals surface area contributed by atoms with Gasteiger partial charge >= 0.3 is 0 Å². The first-order chi connectivity index (χ1) is 12.6. The van der Waals surface area contributed by atoms with Gasteiger partial charge in [-0.1, -0.05) is 0 Å². The Morgan fingerprint density at radius 3 is 2.81 bits per heavy atom. The van der Waals surface area contributed by atoms with Crippen molar-refractivity contribution < 1.29 is 13.9 Å². The molecule has 5 heteroatoms. The zero-order valence-electron chi connectivity index (χ0n) is 15.2. The first-order valence-electron chi connectivity index (χ1n) is 8.58. The highest BCUT2D eigenvalue weighted by Crippen LogP contribution is 2.33. The number of hydrogen-bond acceptors (Lipinski definition) is 4. The Morgan fingerprint density at radius 1 is 1.31 bits per heavy atom. The molecule has 1 amide bonds. The molecule has 3 rings (SSSR count). The smallest absolute Gasteiger partial charge is 0.244 e. The molecule has 2 aromatic heterocycles. The molecule has 0 bridgehead atoms. The van der Waals surface area contributed by atoms with Gasteiger partial charge in [0.25, 0.3) is 0 Å². The van der Waals surface area contributed by atoms with Crippen molar-refractivity contribution in [1.29, 1.82) is 0 Å². The fourth-order valence-electron chi connectivity index (χ4n) is 2.78. The van der Waals surface area contributed by atoms with Crippen molar-refractivity contribution in [1.82, 2.24) is 10.3 Å². The summed E-state index contributed by atoms with van der Waals surface area (Å²) in [6.07, 6.45) is 6.74. The molecule has 134 valence electrons. The van der Waals surface area contributed by atoms with Gasteiger partial charge in [-0.3, -0.25) is 9.78 Å². The van der Waals surface area contributed by atoms with Gasteiger partial charge in [-0.05, 0) is 55.7 Å². The van der Waals surface area contributed by atoms with Gasteiger partial charge in [0, 0.05) is 42.0 Å². The van der Waals surface area contributed by atoms with Crippen LogP contribution in [0.25, 0.3) is 16.5 Å². The number of ether oxygens (including phenoxy) is 1. The Hall–Kier alpha value is -3.08. The molecule has 26 heavy (non-hydrogen) atoms. The van der Waals surface area contributed by atoms with E-state index in [0.29, 0.717) is 18.9 Å². The predicted molar refractivity (Wildman–Crippen MR) is 102 cm³/mol. The van der Waals surface area contributed by atoms with E-state index in [1.807, 2.05) is 45.0 Å². The lowest BCUT2D eigenvalue weighted by atomic mass is 10.0. The minimum atomic E-state index is -0.147. The lowest BCUT2D eigenvalue weighted by Gasteiger charge is -2.11. The molecule has 5 nitrogen and oxygen atoms in total. The highest BCUT2D eigenvalue weighted by atomic mass is 16.5. The number of furan rings is 1. The maximum absolute atomic E-state index is 12.3. The number of rotatable bonds is 6. The summed E-state index contributed by atoms with van der Waals surface area (Å²) >= 11 is 0. The summed E-state index contributed by atoms with van der Waals surface area (Å²) in [5.74, 6) is 0.566. The Balaban J connectivity index is 1.83. The molecule has 0 aliphatic rings. The number of allylic oxidation sites excluding steroid dienone is 1. The largest absolute Gasteiger partial charge is 0.493 e. The molecule has 0 aliphatic carbocycles. The molecule has 3 aromatic rings. The second-order valence-corrected chi connectivity index (χ2v) is 6.10. The number of nitrogens with zero attached hydrogens (tertiary/aromatic N) is 1. The van der Waals surface area contributed by atoms with Crippen molar-refractivity contribution in [3.05, 3.63) is 65.7 Å². The van der Waals surface area contributed by atoms with Gasteiger partial charge in [-0.15, -0.1) is 0 Å². The summed E-state index contributed by atoms with van der Waals surface area (Å²) in [5, 5.41) is 3.91. The van der Waals surface area contributed by atoms with Gasteiger partial charge in [-0.25, -0.2) is 0 Å². The number of benzene rings is 1. The van der Waals surface area contributed by atoms with E-state index in [0.717, 1.165) is 33.2 Å². The highest BCUT2D eigenvalue weighted by molar-refractivity contribution is 5.97. The van der Waals surface area contributed by atoms with Gasteiger partial charge in [-0.2, -0.15) is 0 Å². The van der Waals surface area contributed by atoms with Crippen LogP contribution in [0.2, 0.25) is 0 Å². The molecular weight excluding hydrogens is 328 g/mol. The van der Waals surface area contributed by atoms with Crippen LogP contribution in [0.15, 0.2) is 53.4 Å². The fraction of sp³-hybridized carbons (Fsp3) is 0.238. The van der Waals surface area contributed by atoms with Gasteiger partial charge < -0.3 is 14.5 Å². The van der Waals surface area contributed by atoms with Crippen LogP contribution in [-0.4, -0.2) is 17.5 Å². The fourth-order valence-corrected chi connectivity index (χ4v) is 2.78. The Labute approximate surface area is 152 Å². The Bertz CT molecular complexity index is 943. The molecule has 0 saturated heterocycles. The van der Waals surface area contributed by atoms with Gasteiger partial charge in [0.05, 0.1) is 12.9 Å². The third-order valence-electron chi connectivity index (χ3n) is 4.16. The number of aryl methyl sites for hydroxylation is 1. The minimum absolute atomic E-state index is 0.147. The number of carbonyl (C=O) groups excluding carboxylic acids is 1. The maximum atomic E-state index is 12.3. The van der Waals surface area contributed by atoms with Crippen LogP contribution in [0.1, 0.15) is 30.5 Å². The van der Waals surface area contributed by atoms with Crippen molar-refractivity contribution in [3.8, 4) is 5.75 Å². The van der Waals surface area contributed by atoms with Crippen molar-refractivity contribution >= 4 is 22.4 Å². The molecule has 0 aliphatic heterocycles. The average Bonchev–Trinajstić information content (AvgIpc) is 3.00. The second-order valence-electron chi connectivity index (χ2n) is 6.10. The SMILES string of the molecule is CCOc1cc2occ(C)c2cc1/C(C)=C/C(=O)NCc1ccncc1. The van der Waals surface area contributed by atoms with Crippen LogP contribution in [0, 0.1) is 6.92 Å². The zero-order valence-corrected chi connectivity index (χ0v) is 15.2. The summed E-state index contributed by atoms with van der Waals surface area (Å²) < 4.78 is 11.3. The van der Waals surface area contributed by atoms with Crippen molar-refractivity contribution in [2.75, 3.05) is 6.61 Å². The lowest BCUT2D eigenvalue weighted by molar-refractivity contribution is -0.116. The molecule has 0 radical (unpaired) electrons. The number of amides is 1. The van der Waals surface area contributed by atoms with E-state index in [9.17, 15) is 4.79 Å².